The molecular formula is C11H7ClFN3O3S. The predicted octanol–water partition coefficient (Wildman–Crippen LogP) is 2.14. The molecule has 0 aliphatic heterocycles. The number of hydrogen-bond donors (Lipinski definition) is 0. The fraction of sp³-hybridized carbons (Fsp3) is 0.0909. The summed E-state index contributed by atoms with van der Waals surface area (Å²) in [5, 5.41) is 3.58. The van der Waals surface area contributed by atoms with Gasteiger partial charge in [-0.25, -0.2) is 12.8 Å². The van der Waals surface area contributed by atoms with Gasteiger partial charge < -0.3 is 9.09 Å². The quantitative estimate of drug-likeness (QED) is 0.692. The lowest BCUT2D eigenvalue weighted by atomic mass is 10.2. The Morgan fingerprint density at radius 2 is 2.20 bits per heavy atom. The number of hydrogen-bond acceptors (Lipinski definition) is 5. The summed E-state index contributed by atoms with van der Waals surface area (Å²) < 4.78 is 43.1. The van der Waals surface area contributed by atoms with Crippen LogP contribution in [0.1, 0.15) is 5.82 Å². The molecule has 0 radical (unpaired) electrons. The first-order valence-electron chi connectivity index (χ1n) is 5.44. The van der Waals surface area contributed by atoms with Gasteiger partial charge in [-0.2, -0.15) is 4.98 Å². The van der Waals surface area contributed by atoms with E-state index in [0.29, 0.717) is 11.3 Å². The van der Waals surface area contributed by atoms with Gasteiger partial charge in [-0.15, -0.1) is 0 Å². The predicted molar refractivity (Wildman–Crippen MR) is 68.3 cm³/mol. The maximum Gasteiger partial charge on any atom is 0.263 e. The molecule has 20 heavy (non-hydrogen) atoms. The van der Waals surface area contributed by atoms with Crippen LogP contribution in [0.4, 0.5) is 4.39 Å². The SMILES string of the molecule is O=S(=O)(Cl)c1cn(Cc2ncon2)c2cccc(F)c12. The van der Waals surface area contributed by atoms with Crippen molar-refractivity contribution >= 4 is 30.6 Å². The first kappa shape index (κ1) is 13.1. The van der Waals surface area contributed by atoms with Gasteiger partial charge in [0.15, 0.2) is 5.82 Å². The van der Waals surface area contributed by atoms with Crippen molar-refractivity contribution in [3.05, 3.63) is 42.4 Å². The molecule has 1 aromatic carbocycles. The van der Waals surface area contributed by atoms with Crippen LogP contribution >= 0.6 is 10.7 Å². The zero-order chi connectivity index (χ0) is 14.3. The molecule has 9 heteroatoms. The van der Waals surface area contributed by atoms with Crippen molar-refractivity contribution in [1.82, 2.24) is 14.7 Å². The van der Waals surface area contributed by atoms with E-state index >= 15 is 0 Å². The van der Waals surface area contributed by atoms with Gasteiger partial charge in [-0.3, -0.25) is 0 Å². The Morgan fingerprint density at radius 1 is 1.40 bits per heavy atom. The molecule has 6 nitrogen and oxygen atoms in total. The molecule has 3 aromatic rings. The van der Waals surface area contributed by atoms with E-state index in [9.17, 15) is 12.8 Å². The van der Waals surface area contributed by atoms with Gasteiger partial charge in [0.1, 0.15) is 10.7 Å². The summed E-state index contributed by atoms with van der Waals surface area (Å²) in [6.07, 6.45) is 2.41. The molecule has 0 saturated heterocycles. The maximum absolute atomic E-state index is 13.9. The van der Waals surface area contributed by atoms with E-state index < -0.39 is 14.9 Å². The minimum absolute atomic E-state index is 0.0500. The van der Waals surface area contributed by atoms with Crippen LogP contribution in [0.25, 0.3) is 10.9 Å². The lowest BCUT2D eigenvalue weighted by Gasteiger charge is -2.00. The van der Waals surface area contributed by atoms with Gasteiger partial charge >= 0.3 is 0 Å². The number of benzene rings is 1. The highest BCUT2D eigenvalue weighted by molar-refractivity contribution is 8.14. The Labute approximate surface area is 117 Å². The van der Waals surface area contributed by atoms with Crippen LogP contribution in [0.5, 0.6) is 0 Å². The Morgan fingerprint density at radius 3 is 2.85 bits per heavy atom. The van der Waals surface area contributed by atoms with Crippen LogP contribution in [0, 0.1) is 5.82 Å². The molecule has 0 saturated carbocycles. The van der Waals surface area contributed by atoms with E-state index in [4.69, 9.17) is 10.7 Å². The van der Waals surface area contributed by atoms with Crippen LogP contribution in [0.3, 0.4) is 0 Å². The largest absolute Gasteiger partial charge is 0.343 e. The van der Waals surface area contributed by atoms with E-state index in [0.717, 1.165) is 6.39 Å². The van der Waals surface area contributed by atoms with E-state index in [1.165, 1.54) is 22.9 Å². The lowest BCUT2D eigenvalue weighted by molar-refractivity contribution is 0.408. The highest BCUT2D eigenvalue weighted by atomic mass is 35.7. The first-order chi connectivity index (χ1) is 9.47. The molecule has 104 valence electrons. The van der Waals surface area contributed by atoms with Crippen molar-refractivity contribution < 1.29 is 17.3 Å². The van der Waals surface area contributed by atoms with Crippen LogP contribution in [-0.2, 0) is 15.6 Å². The van der Waals surface area contributed by atoms with Crippen molar-refractivity contribution in [3.63, 3.8) is 0 Å². The summed E-state index contributed by atoms with van der Waals surface area (Å²) in [6, 6.07) is 4.24. The van der Waals surface area contributed by atoms with Gasteiger partial charge in [-0.1, -0.05) is 11.2 Å². The Bertz CT molecular complexity index is 874. The highest BCUT2D eigenvalue weighted by Gasteiger charge is 2.22. The molecule has 0 aliphatic carbocycles. The normalized spacial score (nSPS) is 12.1. The minimum Gasteiger partial charge on any atom is -0.343 e. The lowest BCUT2D eigenvalue weighted by Crippen LogP contribution is -1.99. The van der Waals surface area contributed by atoms with Crippen molar-refractivity contribution in [2.75, 3.05) is 0 Å². The molecule has 0 amide bonds. The third-order valence-electron chi connectivity index (χ3n) is 2.80. The van der Waals surface area contributed by atoms with Gasteiger partial charge in [0.05, 0.1) is 17.4 Å². The van der Waals surface area contributed by atoms with E-state index in [2.05, 4.69) is 14.7 Å². The monoisotopic (exact) mass is 315 g/mol. The van der Waals surface area contributed by atoms with Crippen LogP contribution in [0.2, 0.25) is 0 Å². The zero-order valence-corrected chi connectivity index (χ0v) is 11.4. The van der Waals surface area contributed by atoms with E-state index in [1.54, 1.807) is 6.07 Å². The number of aromatic nitrogens is 3. The van der Waals surface area contributed by atoms with E-state index in [-0.39, 0.29) is 16.8 Å². The number of nitrogens with zero attached hydrogens (tertiary/aromatic N) is 3. The molecular weight excluding hydrogens is 309 g/mol. The average Bonchev–Trinajstić information content (AvgIpc) is 2.98. The molecule has 0 N–H and O–H groups in total. The van der Waals surface area contributed by atoms with Gasteiger partial charge in [0.25, 0.3) is 9.05 Å². The van der Waals surface area contributed by atoms with Crippen molar-refractivity contribution in [3.8, 4) is 0 Å². The first-order valence-corrected chi connectivity index (χ1v) is 7.75. The second kappa shape index (κ2) is 4.57. The molecule has 0 spiro atoms. The second-order valence-corrected chi connectivity index (χ2v) is 6.57. The summed E-state index contributed by atoms with van der Waals surface area (Å²) >= 11 is 0. The molecule has 2 aromatic heterocycles. The smallest absolute Gasteiger partial charge is 0.263 e. The molecule has 0 unspecified atom stereocenters. The average molecular weight is 316 g/mol. The maximum atomic E-state index is 13.9. The Balaban J connectivity index is 2.26. The fourth-order valence-corrected chi connectivity index (χ4v) is 3.05. The topological polar surface area (TPSA) is 78.0 Å². The van der Waals surface area contributed by atoms with Gasteiger partial charge in [-0.05, 0) is 12.1 Å². The van der Waals surface area contributed by atoms with E-state index in [1.807, 2.05) is 0 Å². The molecule has 3 rings (SSSR count). The Kier molecular flexibility index (Phi) is 2.98. The summed E-state index contributed by atoms with van der Waals surface area (Å²) in [5.74, 6) is -0.321. The Hall–Kier alpha value is -1.93. The summed E-state index contributed by atoms with van der Waals surface area (Å²) in [6.45, 7) is 0.142. The molecule has 0 atom stereocenters. The fourth-order valence-electron chi connectivity index (χ4n) is 2.00. The van der Waals surface area contributed by atoms with Crippen molar-refractivity contribution in [1.29, 1.82) is 0 Å². The van der Waals surface area contributed by atoms with Gasteiger partial charge in [0.2, 0.25) is 6.39 Å². The third-order valence-corrected chi connectivity index (χ3v) is 4.14. The minimum atomic E-state index is -4.06. The zero-order valence-electron chi connectivity index (χ0n) is 9.82. The van der Waals surface area contributed by atoms with Gasteiger partial charge in [0, 0.05) is 16.9 Å². The number of fused-ring (bicyclic) bond motifs is 1. The number of halogens is 2. The van der Waals surface area contributed by atoms with Crippen LogP contribution < -0.4 is 0 Å². The molecule has 0 bridgehead atoms. The standard InChI is InChI=1S/C11H7ClFN3O3S/c12-20(17,18)9-4-16(5-10-14-6-19-15-10)8-3-1-2-7(13)11(8)9/h1-4,6H,5H2. The van der Waals surface area contributed by atoms with Crippen LogP contribution in [-0.4, -0.2) is 23.1 Å². The molecule has 0 aliphatic rings. The number of rotatable bonds is 3. The second-order valence-electron chi connectivity index (χ2n) is 4.04. The summed E-state index contributed by atoms with van der Waals surface area (Å²) in [7, 11) is 1.28. The van der Waals surface area contributed by atoms with Crippen LogP contribution in [0.15, 0.2) is 40.2 Å². The highest BCUT2D eigenvalue weighted by Crippen LogP contribution is 2.30. The third kappa shape index (κ3) is 2.16. The molecule has 0 fully saturated rings. The molecule has 2 heterocycles. The van der Waals surface area contributed by atoms with Crippen molar-refractivity contribution in [2.45, 2.75) is 11.4 Å². The summed E-state index contributed by atoms with van der Waals surface area (Å²) in [4.78, 5) is 3.56. The van der Waals surface area contributed by atoms with Crippen molar-refractivity contribution in [2.24, 2.45) is 0 Å². The summed E-state index contributed by atoms with van der Waals surface area (Å²) in [5.41, 5.74) is 0.383.